The van der Waals surface area contributed by atoms with Crippen LogP contribution in [0.25, 0.3) is 11.0 Å². The molecule has 0 aliphatic heterocycles. The van der Waals surface area contributed by atoms with Crippen molar-refractivity contribution in [1.29, 1.82) is 0 Å². The van der Waals surface area contributed by atoms with Crippen LogP contribution in [0.4, 0.5) is 5.69 Å². The molecule has 0 aliphatic carbocycles. The van der Waals surface area contributed by atoms with Crippen molar-refractivity contribution in [3.05, 3.63) is 76.7 Å². The monoisotopic (exact) mass is 509 g/mol. The van der Waals surface area contributed by atoms with Gasteiger partial charge in [0.25, 0.3) is 10.0 Å². The highest BCUT2D eigenvalue weighted by molar-refractivity contribution is 7.92. The van der Waals surface area contributed by atoms with Crippen molar-refractivity contribution >= 4 is 32.5 Å². The molecule has 0 atom stereocenters. The molecular formula is C26H27N3O6S. The van der Waals surface area contributed by atoms with Gasteiger partial charge in [0.15, 0.2) is 11.5 Å². The summed E-state index contributed by atoms with van der Waals surface area (Å²) in [5, 5.41) is 0. The van der Waals surface area contributed by atoms with E-state index in [-0.39, 0.29) is 33.4 Å². The number of imidazole rings is 1. The first-order valence-electron chi connectivity index (χ1n) is 11.3. The zero-order valence-electron chi connectivity index (χ0n) is 20.4. The van der Waals surface area contributed by atoms with Gasteiger partial charge in [0.1, 0.15) is 11.5 Å². The van der Waals surface area contributed by atoms with E-state index in [0.29, 0.717) is 29.1 Å². The molecule has 0 spiro atoms. The Kier molecular flexibility index (Phi) is 6.89. The van der Waals surface area contributed by atoms with Gasteiger partial charge in [0, 0.05) is 31.8 Å². The molecule has 0 saturated heterocycles. The van der Waals surface area contributed by atoms with Crippen molar-refractivity contribution in [3.63, 3.8) is 0 Å². The summed E-state index contributed by atoms with van der Waals surface area (Å²) in [5.41, 5.74) is 1.23. The fourth-order valence-corrected chi connectivity index (χ4v) is 4.86. The first-order chi connectivity index (χ1) is 17.1. The van der Waals surface area contributed by atoms with Gasteiger partial charge in [0.05, 0.1) is 28.2 Å². The molecule has 1 aromatic heterocycles. The lowest BCUT2D eigenvalue weighted by atomic mass is 10.2. The maximum Gasteiger partial charge on any atom is 0.328 e. The molecule has 9 nitrogen and oxygen atoms in total. The number of aryl methyl sites for hydroxylation is 2. The largest absolute Gasteiger partial charge is 0.493 e. The van der Waals surface area contributed by atoms with Gasteiger partial charge >= 0.3 is 5.69 Å². The molecule has 4 aromatic rings. The highest BCUT2D eigenvalue weighted by atomic mass is 32.2. The molecule has 36 heavy (non-hydrogen) atoms. The number of sulfonamides is 1. The van der Waals surface area contributed by atoms with Gasteiger partial charge in [-0.1, -0.05) is 25.1 Å². The lowest BCUT2D eigenvalue weighted by Gasteiger charge is -2.15. The van der Waals surface area contributed by atoms with Gasteiger partial charge in [-0.3, -0.25) is 18.7 Å². The van der Waals surface area contributed by atoms with Crippen LogP contribution in [0, 0.1) is 0 Å². The Morgan fingerprint density at radius 1 is 0.944 bits per heavy atom. The molecule has 3 aromatic carbocycles. The van der Waals surface area contributed by atoms with Crippen LogP contribution in [0.5, 0.6) is 17.2 Å². The standard InChI is InChI=1S/C26H27N3O6S/c1-5-12-34-19-9-7-10-20(14-19)35-25-16-24-23(28(3)26(31)29(24)4)15-22(25)27-36(32,33)21-11-6-8-18(13-21)17(2)30/h6-11,13-16,27H,5,12H2,1-4H3. The Balaban J connectivity index is 1.80. The molecule has 10 heteroatoms. The van der Waals surface area contributed by atoms with Gasteiger partial charge in [-0.2, -0.15) is 0 Å². The Morgan fingerprint density at radius 3 is 2.31 bits per heavy atom. The summed E-state index contributed by atoms with van der Waals surface area (Å²) in [5.74, 6) is 0.998. The maximum absolute atomic E-state index is 13.3. The zero-order chi connectivity index (χ0) is 26.0. The second-order valence-corrected chi connectivity index (χ2v) is 10.0. The molecule has 1 N–H and O–H groups in total. The molecule has 0 bridgehead atoms. The highest BCUT2D eigenvalue weighted by Crippen LogP contribution is 2.36. The Morgan fingerprint density at radius 2 is 1.61 bits per heavy atom. The number of nitrogens with one attached hydrogen (secondary N) is 1. The second-order valence-electron chi connectivity index (χ2n) is 8.35. The number of Topliss-reactive ketones (excluding diaryl/α,β-unsaturated/α-hetero) is 1. The van der Waals surface area contributed by atoms with Crippen LogP contribution in [0.15, 0.2) is 70.4 Å². The van der Waals surface area contributed by atoms with E-state index in [0.717, 1.165) is 6.42 Å². The molecular weight excluding hydrogens is 482 g/mol. The number of nitrogens with zero attached hydrogens (tertiary/aromatic N) is 2. The Labute approximate surface area is 208 Å². The molecule has 188 valence electrons. The summed E-state index contributed by atoms with van der Waals surface area (Å²) >= 11 is 0. The normalized spacial score (nSPS) is 11.4. The Hall–Kier alpha value is -4.05. The SMILES string of the molecule is CCCOc1cccc(Oc2cc3c(cc2NS(=O)(=O)c2cccc(C(C)=O)c2)n(C)c(=O)n3C)c1. The van der Waals surface area contributed by atoms with Crippen LogP contribution >= 0.6 is 0 Å². The molecule has 0 amide bonds. The van der Waals surface area contributed by atoms with Crippen molar-refractivity contribution in [3.8, 4) is 17.2 Å². The van der Waals surface area contributed by atoms with E-state index in [1.807, 2.05) is 6.92 Å². The number of rotatable bonds is 9. The average molecular weight is 510 g/mol. The summed E-state index contributed by atoms with van der Waals surface area (Å²) in [6.07, 6.45) is 0.848. The smallest absolute Gasteiger partial charge is 0.328 e. The third-order valence-electron chi connectivity index (χ3n) is 5.67. The van der Waals surface area contributed by atoms with Crippen LogP contribution in [0.3, 0.4) is 0 Å². The van der Waals surface area contributed by atoms with Gasteiger partial charge < -0.3 is 9.47 Å². The van der Waals surface area contributed by atoms with E-state index >= 15 is 0 Å². The number of hydrogen-bond acceptors (Lipinski definition) is 6. The van der Waals surface area contributed by atoms with Crippen molar-refractivity contribution < 1.29 is 22.7 Å². The van der Waals surface area contributed by atoms with Gasteiger partial charge in [-0.25, -0.2) is 13.2 Å². The van der Waals surface area contributed by atoms with Gasteiger partial charge in [-0.15, -0.1) is 0 Å². The van der Waals surface area contributed by atoms with E-state index in [4.69, 9.17) is 9.47 Å². The molecule has 0 aliphatic rings. The van der Waals surface area contributed by atoms with Crippen molar-refractivity contribution in [2.45, 2.75) is 25.2 Å². The molecule has 0 unspecified atom stereocenters. The number of ether oxygens (including phenoxy) is 2. The number of benzene rings is 3. The number of aromatic nitrogens is 2. The molecule has 0 fully saturated rings. The van der Waals surface area contributed by atoms with Crippen molar-refractivity contribution in [2.24, 2.45) is 14.1 Å². The summed E-state index contributed by atoms with van der Waals surface area (Å²) in [6.45, 7) is 3.92. The van der Waals surface area contributed by atoms with E-state index in [1.54, 1.807) is 56.6 Å². The number of hydrogen-bond donors (Lipinski definition) is 1. The summed E-state index contributed by atoms with van der Waals surface area (Å²) in [6, 6.07) is 15.9. The van der Waals surface area contributed by atoms with E-state index in [1.165, 1.54) is 34.3 Å². The van der Waals surface area contributed by atoms with Crippen molar-refractivity contribution in [2.75, 3.05) is 11.3 Å². The van der Waals surface area contributed by atoms with E-state index in [2.05, 4.69) is 4.72 Å². The number of anilines is 1. The second kappa shape index (κ2) is 9.90. The molecule has 1 heterocycles. The van der Waals surface area contributed by atoms with Crippen LogP contribution in [-0.2, 0) is 24.1 Å². The number of carbonyl (C=O) groups is 1. The number of fused-ring (bicyclic) bond motifs is 1. The lowest BCUT2D eigenvalue weighted by Crippen LogP contribution is -2.19. The fourth-order valence-electron chi connectivity index (χ4n) is 3.75. The first kappa shape index (κ1) is 25.1. The predicted octanol–water partition coefficient (Wildman–Crippen LogP) is 4.46. The molecule has 0 saturated carbocycles. The lowest BCUT2D eigenvalue weighted by molar-refractivity contribution is 0.101. The van der Waals surface area contributed by atoms with Crippen molar-refractivity contribution in [1.82, 2.24) is 9.13 Å². The number of ketones is 1. The minimum absolute atomic E-state index is 0.0711. The topological polar surface area (TPSA) is 109 Å². The first-order valence-corrected chi connectivity index (χ1v) is 12.8. The highest BCUT2D eigenvalue weighted by Gasteiger charge is 2.21. The third-order valence-corrected chi connectivity index (χ3v) is 7.04. The Bertz CT molecular complexity index is 1620. The minimum Gasteiger partial charge on any atom is -0.493 e. The maximum atomic E-state index is 13.3. The third kappa shape index (κ3) is 4.99. The minimum atomic E-state index is -4.09. The summed E-state index contributed by atoms with van der Waals surface area (Å²) in [4.78, 5) is 24.2. The van der Waals surface area contributed by atoms with Gasteiger partial charge in [0.2, 0.25) is 0 Å². The van der Waals surface area contributed by atoms with Crippen LogP contribution < -0.4 is 19.9 Å². The van der Waals surface area contributed by atoms with E-state index < -0.39 is 10.0 Å². The van der Waals surface area contributed by atoms with Crippen LogP contribution in [0.2, 0.25) is 0 Å². The van der Waals surface area contributed by atoms with E-state index in [9.17, 15) is 18.0 Å². The predicted molar refractivity (Wildman–Crippen MR) is 138 cm³/mol. The average Bonchev–Trinajstić information content (AvgIpc) is 3.06. The number of carbonyl (C=O) groups excluding carboxylic acids is 1. The zero-order valence-corrected chi connectivity index (χ0v) is 21.3. The summed E-state index contributed by atoms with van der Waals surface area (Å²) < 4.78 is 43.8. The quantitative estimate of drug-likeness (QED) is 0.334. The summed E-state index contributed by atoms with van der Waals surface area (Å²) in [7, 11) is -0.855. The molecule has 0 radical (unpaired) electrons. The van der Waals surface area contributed by atoms with Crippen LogP contribution in [-0.4, -0.2) is 29.9 Å². The van der Waals surface area contributed by atoms with Crippen LogP contribution in [0.1, 0.15) is 30.6 Å². The molecule has 4 rings (SSSR count). The fraction of sp³-hybridized carbons (Fsp3) is 0.231. The van der Waals surface area contributed by atoms with Gasteiger partial charge in [-0.05, 0) is 43.7 Å².